The molecule has 0 atom stereocenters. The summed E-state index contributed by atoms with van der Waals surface area (Å²) in [5.41, 5.74) is 1.11. The lowest BCUT2D eigenvalue weighted by Crippen LogP contribution is -2.34. The number of carbonyl (C=O) groups excluding carboxylic acids is 2. The molecule has 6 heteroatoms. The zero-order valence-corrected chi connectivity index (χ0v) is 11.6. The Hall–Kier alpha value is -2.08. The van der Waals surface area contributed by atoms with E-state index in [0.29, 0.717) is 11.3 Å². The highest BCUT2D eigenvalue weighted by molar-refractivity contribution is 5.94. The maximum absolute atomic E-state index is 11.8. The Bertz CT molecular complexity index is 443. The predicted octanol–water partition coefficient (Wildman–Crippen LogP) is 1.85. The van der Waals surface area contributed by atoms with E-state index in [1.165, 1.54) is 14.2 Å². The first-order valence-electron chi connectivity index (χ1n) is 5.93. The van der Waals surface area contributed by atoms with Gasteiger partial charge in [-0.15, -0.1) is 0 Å². The van der Waals surface area contributed by atoms with E-state index in [2.05, 4.69) is 10.6 Å². The van der Waals surface area contributed by atoms with Crippen molar-refractivity contribution in [2.45, 2.75) is 19.9 Å². The summed E-state index contributed by atoms with van der Waals surface area (Å²) in [7, 11) is 2.95. The predicted molar refractivity (Wildman–Crippen MR) is 72.8 cm³/mol. The average molecular weight is 265 g/mol. The fraction of sp³-hybridized carbons (Fsp3) is 0.385. The zero-order chi connectivity index (χ0) is 14.4. The smallest absolute Gasteiger partial charge is 0.319 e. The summed E-state index contributed by atoms with van der Waals surface area (Å²) in [5.74, 6) is -0.249. The number of benzene rings is 1. The summed E-state index contributed by atoms with van der Waals surface area (Å²) in [6.45, 7) is 3.75. The number of rotatable bonds is 4. The highest BCUT2D eigenvalue weighted by atomic mass is 16.7. The third-order valence-electron chi connectivity index (χ3n) is 2.37. The van der Waals surface area contributed by atoms with Gasteiger partial charge in [0.1, 0.15) is 0 Å². The normalized spacial score (nSPS) is 10.2. The summed E-state index contributed by atoms with van der Waals surface area (Å²) in [6.07, 6.45) is 0. The van der Waals surface area contributed by atoms with E-state index in [1.807, 2.05) is 13.8 Å². The van der Waals surface area contributed by atoms with Crippen molar-refractivity contribution in [3.63, 3.8) is 0 Å². The van der Waals surface area contributed by atoms with Gasteiger partial charge >= 0.3 is 6.03 Å². The molecule has 0 saturated carbocycles. The second-order valence-corrected chi connectivity index (χ2v) is 4.32. The van der Waals surface area contributed by atoms with Gasteiger partial charge in [-0.2, -0.15) is 0 Å². The summed E-state index contributed by atoms with van der Waals surface area (Å²) < 4.78 is 0. The minimum absolute atomic E-state index is 0.0659. The molecule has 0 aliphatic carbocycles. The van der Waals surface area contributed by atoms with E-state index < -0.39 is 0 Å². The maximum atomic E-state index is 11.8. The highest BCUT2D eigenvalue weighted by Gasteiger charge is 2.11. The molecule has 1 rings (SSSR count). The van der Waals surface area contributed by atoms with E-state index in [4.69, 9.17) is 4.84 Å². The van der Waals surface area contributed by atoms with Crippen LogP contribution in [0, 0.1) is 0 Å². The average Bonchev–Trinajstić information content (AvgIpc) is 2.36. The monoisotopic (exact) mass is 265 g/mol. The van der Waals surface area contributed by atoms with Gasteiger partial charge in [0.05, 0.1) is 7.11 Å². The lowest BCUT2D eigenvalue weighted by Gasteiger charge is -2.14. The molecular weight excluding hydrogens is 246 g/mol. The number of urea groups is 1. The Morgan fingerprint density at radius 2 is 1.79 bits per heavy atom. The molecule has 104 valence electrons. The standard InChI is InChI=1S/C13H19N3O3/c1-9(2)14-13(18)15-11-7-5-10(6-8-11)12(17)16(3)19-4/h5-9H,1-4H3,(H2,14,15,18). The van der Waals surface area contributed by atoms with Gasteiger partial charge in [0.25, 0.3) is 5.91 Å². The first-order chi connectivity index (χ1) is 8.93. The number of amides is 3. The van der Waals surface area contributed by atoms with Crippen LogP contribution >= 0.6 is 0 Å². The van der Waals surface area contributed by atoms with Crippen molar-refractivity contribution in [1.82, 2.24) is 10.4 Å². The van der Waals surface area contributed by atoms with Gasteiger partial charge in [-0.3, -0.25) is 9.63 Å². The van der Waals surface area contributed by atoms with Crippen LogP contribution in [0.1, 0.15) is 24.2 Å². The van der Waals surface area contributed by atoms with E-state index in [1.54, 1.807) is 24.3 Å². The van der Waals surface area contributed by atoms with Crippen LogP contribution in [-0.4, -0.2) is 37.2 Å². The quantitative estimate of drug-likeness (QED) is 0.816. The molecule has 0 aliphatic rings. The number of hydrogen-bond acceptors (Lipinski definition) is 3. The Kier molecular flexibility index (Phi) is 5.32. The third kappa shape index (κ3) is 4.59. The lowest BCUT2D eigenvalue weighted by atomic mass is 10.2. The number of nitrogens with one attached hydrogen (secondary N) is 2. The molecule has 19 heavy (non-hydrogen) atoms. The van der Waals surface area contributed by atoms with Crippen LogP contribution in [0.25, 0.3) is 0 Å². The third-order valence-corrected chi connectivity index (χ3v) is 2.37. The molecule has 0 unspecified atom stereocenters. The van der Waals surface area contributed by atoms with E-state index >= 15 is 0 Å². The molecule has 3 amide bonds. The van der Waals surface area contributed by atoms with Gasteiger partial charge in [0.15, 0.2) is 0 Å². The highest BCUT2D eigenvalue weighted by Crippen LogP contribution is 2.11. The summed E-state index contributed by atoms with van der Waals surface area (Å²) in [4.78, 5) is 28.0. The van der Waals surface area contributed by atoms with Crippen molar-refractivity contribution in [3.8, 4) is 0 Å². The van der Waals surface area contributed by atoms with E-state index in [9.17, 15) is 9.59 Å². The summed E-state index contributed by atoms with van der Waals surface area (Å²) in [5, 5.41) is 6.52. The van der Waals surface area contributed by atoms with Crippen molar-refractivity contribution in [1.29, 1.82) is 0 Å². The van der Waals surface area contributed by atoms with Crippen molar-refractivity contribution in [2.24, 2.45) is 0 Å². The Balaban J connectivity index is 2.66. The molecule has 1 aromatic carbocycles. The van der Waals surface area contributed by atoms with Gasteiger partial charge < -0.3 is 10.6 Å². The van der Waals surface area contributed by atoms with Crippen LogP contribution in [0.15, 0.2) is 24.3 Å². The second-order valence-electron chi connectivity index (χ2n) is 4.32. The maximum Gasteiger partial charge on any atom is 0.319 e. The molecule has 6 nitrogen and oxygen atoms in total. The fourth-order valence-electron chi connectivity index (χ4n) is 1.39. The van der Waals surface area contributed by atoms with Crippen molar-refractivity contribution >= 4 is 17.6 Å². The molecule has 0 heterocycles. The number of anilines is 1. The van der Waals surface area contributed by atoms with Gasteiger partial charge in [0.2, 0.25) is 0 Å². The Morgan fingerprint density at radius 1 is 1.21 bits per heavy atom. The first-order valence-corrected chi connectivity index (χ1v) is 5.93. The molecule has 0 saturated heterocycles. The van der Waals surface area contributed by atoms with E-state index in [-0.39, 0.29) is 18.0 Å². The number of carbonyl (C=O) groups is 2. The van der Waals surface area contributed by atoms with Crippen molar-refractivity contribution < 1.29 is 14.4 Å². The van der Waals surface area contributed by atoms with Crippen LogP contribution in [0.3, 0.4) is 0 Å². The molecule has 0 aliphatic heterocycles. The second kappa shape index (κ2) is 6.75. The number of hydroxylamine groups is 2. The minimum atomic E-state index is -0.275. The van der Waals surface area contributed by atoms with Crippen LogP contribution in [0.4, 0.5) is 10.5 Å². The van der Waals surface area contributed by atoms with E-state index in [0.717, 1.165) is 5.06 Å². The molecule has 0 spiro atoms. The molecule has 1 aromatic rings. The topological polar surface area (TPSA) is 70.7 Å². The molecular formula is C13H19N3O3. The van der Waals surface area contributed by atoms with Gasteiger partial charge in [-0.25, -0.2) is 9.86 Å². The minimum Gasteiger partial charge on any atom is -0.336 e. The summed E-state index contributed by atoms with van der Waals surface area (Å²) in [6, 6.07) is 6.37. The van der Waals surface area contributed by atoms with Crippen molar-refractivity contribution in [2.75, 3.05) is 19.5 Å². The summed E-state index contributed by atoms with van der Waals surface area (Å²) >= 11 is 0. The molecule has 0 radical (unpaired) electrons. The van der Waals surface area contributed by atoms with Crippen LogP contribution < -0.4 is 10.6 Å². The van der Waals surface area contributed by atoms with Crippen molar-refractivity contribution in [3.05, 3.63) is 29.8 Å². The molecule has 0 aromatic heterocycles. The number of nitrogens with zero attached hydrogens (tertiary/aromatic N) is 1. The SMILES string of the molecule is CON(C)C(=O)c1ccc(NC(=O)NC(C)C)cc1. The number of hydrogen-bond donors (Lipinski definition) is 2. The van der Waals surface area contributed by atoms with Crippen LogP contribution in [0.5, 0.6) is 0 Å². The first kappa shape index (κ1) is 15.0. The van der Waals surface area contributed by atoms with Gasteiger partial charge in [0, 0.05) is 24.3 Å². The largest absolute Gasteiger partial charge is 0.336 e. The van der Waals surface area contributed by atoms with Crippen LogP contribution in [0.2, 0.25) is 0 Å². The fourth-order valence-corrected chi connectivity index (χ4v) is 1.39. The Labute approximate surface area is 112 Å². The van der Waals surface area contributed by atoms with Gasteiger partial charge in [-0.05, 0) is 38.1 Å². The Morgan fingerprint density at radius 3 is 2.26 bits per heavy atom. The molecule has 0 fully saturated rings. The van der Waals surface area contributed by atoms with Gasteiger partial charge in [-0.1, -0.05) is 0 Å². The zero-order valence-electron chi connectivity index (χ0n) is 11.6. The molecule has 2 N–H and O–H groups in total. The molecule has 0 bridgehead atoms. The van der Waals surface area contributed by atoms with Crippen LogP contribution in [-0.2, 0) is 4.84 Å². The lowest BCUT2D eigenvalue weighted by molar-refractivity contribution is -0.0756.